The van der Waals surface area contributed by atoms with Gasteiger partial charge in [0, 0.05) is 11.8 Å². The van der Waals surface area contributed by atoms with Crippen molar-refractivity contribution in [3.8, 4) is 5.75 Å². The van der Waals surface area contributed by atoms with E-state index in [-0.39, 0.29) is 5.82 Å². The zero-order valence-electron chi connectivity index (χ0n) is 13.0. The second-order valence-corrected chi connectivity index (χ2v) is 4.77. The van der Waals surface area contributed by atoms with Gasteiger partial charge in [0.25, 0.3) is 5.91 Å². The predicted molar refractivity (Wildman–Crippen MR) is 88.0 cm³/mol. The number of amides is 1. The van der Waals surface area contributed by atoms with E-state index in [1.807, 2.05) is 0 Å². The van der Waals surface area contributed by atoms with Crippen molar-refractivity contribution >= 4 is 23.6 Å². The minimum atomic E-state index is -0.663. The van der Waals surface area contributed by atoms with E-state index in [9.17, 15) is 14.0 Å². The summed E-state index contributed by atoms with van der Waals surface area (Å²) in [5.41, 5.74) is 1.22. The molecule has 0 fully saturated rings. The average Bonchev–Trinajstić information content (AvgIpc) is 2.60. The van der Waals surface area contributed by atoms with Crippen molar-refractivity contribution in [1.82, 2.24) is 0 Å². The Morgan fingerprint density at radius 3 is 2.38 bits per heavy atom. The molecule has 2 rings (SSSR count). The Kier molecular flexibility index (Phi) is 6.08. The molecule has 0 aliphatic rings. The Morgan fingerprint density at radius 1 is 1.08 bits per heavy atom. The highest BCUT2D eigenvalue weighted by atomic mass is 19.1. The maximum Gasteiger partial charge on any atom is 0.331 e. The topological polar surface area (TPSA) is 64.6 Å². The number of carbonyl (C=O) groups excluding carboxylic acids is 2. The molecule has 24 heavy (non-hydrogen) atoms. The number of benzene rings is 2. The fourth-order valence-corrected chi connectivity index (χ4v) is 1.79. The van der Waals surface area contributed by atoms with Crippen molar-refractivity contribution in [2.45, 2.75) is 0 Å². The first-order valence-corrected chi connectivity index (χ1v) is 7.11. The molecule has 0 saturated heterocycles. The zero-order valence-corrected chi connectivity index (χ0v) is 13.0. The molecule has 5 nitrogen and oxygen atoms in total. The molecule has 0 unspecified atom stereocenters. The van der Waals surface area contributed by atoms with Crippen molar-refractivity contribution in [1.29, 1.82) is 0 Å². The molecule has 0 bridgehead atoms. The van der Waals surface area contributed by atoms with Crippen molar-refractivity contribution in [2.24, 2.45) is 0 Å². The van der Waals surface area contributed by atoms with Gasteiger partial charge in [0.05, 0.1) is 7.11 Å². The van der Waals surface area contributed by atoms with Gasteiger partial charge in [-0.1, -0.05) is 12.1 Å². The highest BCUT2D eigenvalue weighted by Gasteiger charge is 2.06. The quantitative estimate of drug-likeness (QED) is 0.653. The molecule has 0 heterocycles. The Bertz CT molecular complexity index is 724. The first-order chi connectivity index (χ1) is 11.6. The minimum Gasteiger partial charge on any atom is -0.497 e. The average molecular weight is 329 g/mol. The molecule has 0 aliphatic carbocycles. The number of nitrogens with one attached hydrogen (secondary N) is 1. The molecule has 0 atom stereocenters. The molecule has 1 amide bonds. The second-order valence-electron chi connectivity index (χ2n) is 4.77. The van der Waals surface area contributed by atoms with E-state index in [0.717, 1.165) is 0 Å². The highest BCUT2D eigenvalue weighted by Crippen LogP contribution is 2.14. The Morgan fingerprint density at radius 2 is 1.75 bits per heavy atom. The van der Waals surface area contributed by atoms with Crippen molar-refractivity contribution in [2.75, 3.05) is 19.0 Å². The number of anilines is 1. The predicted octanol–water partition coefficient (Wildman–Crippen LogP) is 3.03. The molecule has 0 spiro atoms. The lowest BCUT2D eigenvalue weighted by molar-refractivity contribution is -0.142. The summed E-state index contributed by atoms with van der Waals surface area (Å²) in [6, 6.07) is 12.4. The normalized spacial score (nSPS) is 10.4. The molecule has 2 aromatic rings. The fraction of sp³-hybridized carbons (Fsp3) is 0.111. The number of hydrogen-bond acceptors (Lipinski definition) is 4. The number of rotatable bonds is 6. The summed E-state index contributed by atoms with van der Waals surface area (Å²) >= 11 is 0. The van der Waals surface area contributed by atoms with Crippen LogP contribution in [0.5, 0.6) is 5.75 Å². The standard InChI is InChI=1S/C18H16FNO4/c1-23-16-9-7-15(8-10-16)20-17(21)12-24-18(22)11-4-13-2-5-14(19)6-3-13/h2-11H,12H2,1H3,(H,20,21)/b11-4+. The number of methoxy groups -OCH3 is 1. The zero-order chi connectivity index (χ0) is 17.4. The molecule has 0 radical (unpaired) electrons. The van der Waals surface area contributed by atoms with E-state index in [0.29, 0.717) is 17.0 Å². The first-order valence-electron chi connectivity index (χ1n) is 7.11. The van der Waals surface area contributed by atoms with Crippen LogP contribution < -0.4 is 10.1 Å². The summed E-state index contributed by atoms with van der Waals surface area (Å²) < 4.78 is 22.6. The van der Waals surface area contributed by atoms with Crippen LogP contribution in [0, 0.1) is 5.82 Å². The lowest BCUT2D eigenvalue weighted by atomic mass is 10.2. The SMILES string of the molecule is COc1ccc(NC(=O)COC(=O)/C=C/c2ccc(F)cc2)cc1. The van der Waals surface area contributed by atoms with Crippen LogP contribution in [0.2, 0.25) is 0 Å². The van der Waals surface area contributed by atoms with Gasteiger partial charge in [-0.25, -0.2) is 9.18 Å². The van der Waals surface area contributed by atoms with Crippen LogP contribution in [0.3, 0.4) is 0 Å². The second kappa shape index (κ2) is 8.47. The molecular weight excluding hydrogens is 313 g/mol. The fourth-order valence-electron chi connectivity index (χ4n) is 1.79. The molecule has 0 saturated carbocycles. The number of ether oxygens (including phenoxy) is 2. The molecule has 1 N–H and O–H groups in total. The van der Waals surface area contributed by atoms with Crippen LogP contribution in [0.15, 0.2) is 54.6 Å². The number of halogens is 1. The summed E-state index contributed by atoms with van der Waals surface area (Å²) in [5, 5.41) is 2.59. The van der Waals surface area contributed by atoms with Crippen molar-refractivity contribution in [3.63, 3.8) is 0 Å². The number of carbonyl (C=O) groups is 2. The van der Waals surface area contributed by atoms with Crippen molar-refractivity contribution in [3.05, 3.63) is 66.0 Å². The van der Waals surface area contributed by atoms with Crippen LogP contribution in [-0.4, -0.2) is 25.6 Å². The summed E-state index contributed by atoms with van der Waals surface area (Å²) in [5.74, 6) is -0.803. The van der Waals surface area contributed by atoms with Gasteiger partial charge in [0.15, 0.2) is 6.61 Å². The van der Waals surface area contributed by atoms with Gasteiger partial charge < -0.3 is 14.8 Å². The lowest BCUT2D eigenvalue weighted by Crippen LogP contribution is -2.20. The maximum absolute atomic E-state index is 12.7. The third kappa shape index (κ3) is 5.57. The smallest absolute Gasteiger partial charge is 0.331 e. The summed E-state index contributed by atoms with van der Waals surface area (Å²) in [6.07, 6.45) is 2.65. The molecule has 2 aromatic carbocycles. The number of esters is 1. The van der Waals surface area contributed by atoms with E-state index >= 15 is 0 Å². The molecular formula is C18H16FNO4. The summed E-state index contributed by atoms with van der Waals surface area (Å²) in [4.78, 5) is 23.2. The van der Waals surface area contributed by atoms with Crippen LogP contribution in [0.25, 0.3) is 6.08 Å². The summed E-state index contributed by atoms with van der Waals surface area (Å²) in [7, 11) is 1.55. The van der Waals surface area contributed by atoms with Crippen LogP contribution in [0.4, 0.5) is 10.1 Å². The van der Waals surface area contributed by atoms with E-state index < -0.39 is 18.5 Å². The van der Waals surface area contributed by atoms with Gasteiger partial charge in [-0.05, 0) is 48.0 Å². The van der Waals surface area contributed by atoms with Gasteiger partial charge in [0.1, 0.15) is 11.6 Å². The Labute approximate surface area is 138 Å². The van der Waals surface area contributed by atoms with E-state index in [2.05, 4.69) is 5.32 Å². The van der Waals surface area contributed by atoms with Crippen molar-refractivity contribution < 1.29 is 23.5 Å². The molecule has 0 aliphatic heterocycles. The van der Waals surface area contributed by atoms with Gasteiger partial charge in [-0.3, -0.25) is 4.79 Å². The number of hydrogen-bond donors (Lipinski definition) is 1. The van der Waals surface area contributed by atoms with E-state index in [4.69, 9.17) is 9.47 Å². The first kappa shape index (κ1) is 17.2. The highest BCUT2D eigenvalue weighted by molar-refractivity contribution is 5.94. The van der Waals surface area contributed by atoms with Gasteiger partial charge in [-0.15, -0.1) is 0 Å². The third-order valence-electron chi connectivity index (χ3n) is 3.00. The van der Waals surface area contributed by atoms with Crippen LogP contribution >= 0.6 is 0 Å². The third-order valence-corrected chi connectivity index (χ3v) is 3.00. The van der Waals surface area contributed by atoms with Gasteiger partial charge in [0.2, 0.25) is 0 Å². The largest absolute Gasteiger partial charge is 0.497 e. The Hall–Kier alpha value is -3.15. The maximum atomic E-state index is 12.7. The van der Waals surface area contributed by atoms with E-state index in [1.165, 1.54) is 36.4 Å². The van der Waals surface area contributed by atoms with E-state index in [1.54, 1.807) is 31.4 Å². The summed E-state index contributed by atoms with van der Waals surface area (Å²) in [6.45, 7) is -0.404. The Balaban J connectivity index is 1.78. The molecule has 124 valence electrons. The lowest BCUT2D eigenvalue weighted by Gasteiger charge is -2.06. The molecule has 0 aromatic heterocycles. The van der Waals surface area contributed by atoms with Crippen LogP contribution in [-0.2, 0) is 14.3 Å². The monoisotopic (exact) mass is 329 g/mol. The van der Waals surface area contributed by atoms with Crippen LogP contribution in [0.1, 0.15) is 5.56 Å². The van der Waals surface area contributed by atoms with Gasteiger partial charge >= 0.3 is 5.97 Å². The van der Waals surface area contributed by atoms with Gasteiger partial charge in [-0.2, -0.15) is 0 Å². The molecule has 6 heteroatoms. The minimum absolute atomic E-state index is 0.357.